The minimum absolute atomic E-state index is 0.0815. The van der Waals surface area contributed by atoms with Crippen molar-refractivity contribution in [3.05, 3.63) is 203 Å². The summed E-state index contributed by atoms with van der Waals surface area (Å²) < 4.78 is 61.3. The Kier molecular flexibility index (Phi) is 23.9. The lowest BCUT2D eigenvalue weighted by Crippen LogP contribution is -2.16. The summed E-state index contributed by atoms with van der Waals surface area (Å²) in [6.45, 7) is 24.7. The first-order chi connectivity index (χ1) is 53.5. The van der Waals surface area contributed by atoms with Crippen molar-refractivity contribution >= 4 is 62.0 Å². The number of fused-ring (bicyclic) bond motifs is 13. The normalized spacial score (nSPS) is 12.1. The molecule has 0 unspecified atom stereocenters. The van der Waals surface area contributed by atoms with Gasteiger partial charge in [-0.3, -0.25) is 9.59 Å². The number of aryl methyl sites for hydroxylation is 3. The van der Waals surface area contributed by atoms with Crippen LogP contribution in [0.3, 0.4) is 0 Å². The van der Waals surface area contributed by atoms with E-state index in [1.54, 1.807) is 31.2 Å². The first-order valence-corrected chi connectivity index (χ1v) is 37.3. The van der Waals surface area contributed by atoms with E-state index in [1.807, 2.05) is 170 Å². The summed E-state index contributed by atoms with van der Waals surface area (Å²) in [4.78, 5) is 43.8. The number of carbonyl (C=O) groups excluding carboxylic acids is 3. The lowest BCUT2D eigenvalue weighted by molar-refractivity contribution is -0.146. The van der Waals surface area contributed by atoms with E-state index in [0.717, 1.165) is 72.2 Å². The molecule has 111 heavy (non-hydrogen) atoms. The lowest BCUT2D eigenvalue weighted by atomic mass is 9.84. The van der Waals surface area contributed by atoms with Crippen LogP contribution in [-0.2, 0) is 87.1 Å². The Morgan fingerprint density at radius 1 is 0.378 bits per heavy atom. The van der Waals surface area contributed by atoms with Gasteiger partial charge in [-0.05, 0) is 145 Å². The molecule has 4 N–H and O–H groups in total. The van der Waals surface area contributed by atoms with Gasteiger partial charge in [0.05, 0.1) is 85.9 Å². The summed E-state index contributed by atoms with van der Waals surface area (Å²) in [5.41, 5.74) is 16.2. The molecular weight excluding hydrogens is 1420 g/mol. The van der Waals surface area contributed by atoms with Crippen molar-refractivity contribution in [1.82, 2.24) is 57.2 Å². The van der Waals surface area contributed by atoms with E-state index in [1.165, 1.54) is 15.8 Å². The fraction of sp³-hybridized carbons (Fsp3) is 0.361. The molecule has 0 fully saturated rings. The molecule has 0 aliphatic rings. The van der Waals surface area contributed by atoms with E-state index in [2.05, 4.69) is 70.5 Å². The summed E-state index contributed by atoms with van der Waals surface area (Å²) in [6.07, 6.45) is 1.91. The first-order valence-electron chi connectivity index (χ1n) is 37.3. The van der Waals surface area contributed by atoms with E-state index < -0.39 is 5.97 Å². The van der Waals surface area contributed by atoms with E-state index in [-0.39, 0.29) is 85.9 Å². The fourth-order valence-corrected chi connectivity index (χ4v) is 12.9. The van der Waals surface area contributed by atoms with Gasteiger partial charge in [0.1, 0.15) is 103 Å². The highest BCUT2D eigenvalue weighted by atomic mass is 16.6. The number of esters is 3. The van der Waals surface area contributed by atoms with Crippen LogP contribution < -0.4 is 0 Å². The molecule has 0 spiro atoms. The quantitative estimate of drug-likeness (QED) is 0.0124. The van der Waals surface area contributed by atoms with Crippen LogP contribution in [0.15, 0.2) is 170 Å². The smallest absolute Gasteiger partial charge is 0.333 e. The largest absolute Gasteiger partial charge is 0.506 e. The number of para-hydroxylation sites is 6. The molecule has 7 heterocycles. The molecule has 0 saturated heterocycles. The van der Waals surface area contributed by atoms with Crippen molar-refractivity contribution in [2.24, 2.45) is 0 Å². The summed E-state index contributed by atoms with van der Waals surface area (Å²) in [6, 6.07) is 50.4. The molecule has 0 atom stereocenters. The third-order valence-corrected chi connectivity index (χ3v) is 18.7. The Bertz CT molecular complexity index is 5260. The van der Waals surface area contributed by atoms with Crippen molar-refractivity contribution in [3.63, 3.8) is 0 Å². The van der Waals surface area contributed by atoms with Crippen LogP contribution in [0.1, 0.15) is 94.7 Å². The van der Waals surface area contributed by atoms with E-state index in [4.69, 9.17) is 42.6 Å². The predicted molar refractivity (Wildman–Crippen MR) is 417 cm³/mol. The molecular formula is C83H96N12O16. The molecule has 8 aromatic carbocycles. The third-order valence-electron chi connectivity index (χ3n) is 18.7. The molecule has 28 nitrogen and oxygen atoms in total. The first kappa shape index (κ1) is 77.6. The SMILES string of the molecule is C=C(C)C(=O)OCCc1ccc(O)c(-n2nc3ccccc3n2)c1.CC(C)(C)c1cc(CCC(=O)OCCOCCOCCOCCOCCOCCOCCOC(=O)CCc2cc(-n3n4c5ccccc5n34)c(O)c(C(C)(C)C)c2)cc(-n2n3c4ccccc4n23)c1O.Cc1ccc(O)c(-n2n3c4ccccc4n23)c1. The highest BCUT2D eigenvalue weighted by molar-refractivity contribution is 5.87. The predicted octanol–water partition coefficient (Wildman–Crippen LogP) is 12.1. The van der Waals surface area contributed by atoms with Gasteiger partial charge >= 0.3 is 17.9 Å². The summed E-state index contributed by atoms with van der Waals surface area (Å²) >= 11 is 0. The standard InChI is InChI=1S/C52H68N6O12.C18H17N3O3.C13H11N3O/c1-51(2,3)39-33-37(35-45(49(39)61)57-53-41-11-7-8-12-42(41)54(53)57)15-17-47(59)69-31-29-67-27-25-65-23-21-63-19-20-64-22-24-66-26-28-68-30-32-70-48(60)18-16-38-34-40(52(4,5)6)50(62)46(36-38)58-55-43-13-9-10-14-44(43)56(55)58;1-12(2)18(23)24-10-9-13-7-8-17(22)16(11-13)21-19-14-5-3-4-6-15(14)20-21;1-9-6-7-13(17)12(8-9)16-14-10-4-2-3-5-11(10)15(14)16/h7-14,33-36,61-62H,15-32H2,1-6H3;3-8,11,22H,1,9-10H2,2H3;2-8,17H,1H3. The van der Waals surface area contributed by atoms with Crippen LogP contribution >= 0.6 is 0 Å². The van der Waals surface area contributed by atoms with Gasteiger partial charge in [0.2, 0.25) is 0 Å². The molecule has 0 aliphatic heterocycles. The number of benzene rings is 8. The van der Waals surface area contributed by atoms with Gasteiger partial charge in [-0.2, -0.15) is 0 Å². The summed E-state index contributed by atoms with van der Waals surface area (Å²) in [5.74, 6) is -0.165. The molecule has 0 saturated carbocycles. The minimum Gasteiger partial charge on any atom is -0.506 e. The zero-order chi connectivity index (χ0) is 78.1. The summed E-state index contributed by atoms with van der Waals surface area (Å²) in [5, 5.41) is 51.2. The maximum atomic E-state index is 12.6. The van der Waals surface area contributed by atoms with Crippen molar-refractivity contribution < 1.29 is 77.4 Å². The van der Waals surface area contributed by atoms with Crippen molar-refractivity contribution in [3.8, 4) is 45.7 Å². The van der Waals surface area contributed by atoms with Gasteiger partial charge in [0, 0.05) is 36.0 Å². The average molecular weight is 1520 g/mol. The summed E-state index contributed by atoms with van der Waals surface area (Å²) in [7, 11) is 0. The topological polar surface area (TPSA) is 287 Å². The number of hydrogen-bond acceptors (Lipinski definition) is 18. The minimum atomic E-state index is -0.408. The number of aromatic hydroxyl groups is 4. The number of carbonyl (C=O) groups is 3. The second-order valence-corrected chi connectivity index (χ2v) is 29.2. The van der Waals surface area contributed by atoms with Gasteiger partial charge in [0.15, 0.2) is 0 Å². The van der Waals surface area contributed by atoms with Crippen LogP contribution in [0.5, 0.6) is 23.0 Å². The Hall–Kier alpha value is -11.5. The third kappa shape index (κ3) is 18.0. The Morgan fingerprint density at radius 2 is 0.712 bits per heavy atom. The van der Waals surface area contributed by atoms with Crippen LogP contribution in [0, 0.1) is 6.92 Å². The average Bonchev–Trinajstić information content (AvgIpc) is 1.52. The van der Waals surface area contributed by atoms with Crippen LogP contribution in [-0.4, -0.2) is 195 Å². The number of phenols is 4. The Balaban J connectivity index is 0.000000210. The fourth-order valence-electron chi connectivity index (χ4n) is 12.9. The van der Waals surface area contributed by atoms with E-state index in [0.29, 0.717) is 114 Å². The van der Waals surface area contributed by atoms with Crippen molar-refractivity contribution in [2.75, 3.05) is 99.1 Å². The molecule has 7 aromatic heterocycles. The number of rotatable bonds is 35. The van der Waals surface area contributed by atoms with Crippen molar-refractivity contribution in [2.45, 2.75) is 98.3 Å². The second-order valence-electron chi connectivity index (χ2n) is 29.2. The number of nitrogens with zero attached hydrogens (tertiary/aromatic N) is 12. The van der Waals surface area contributed by atoms with Gasteiger partial charge in [-0.15, -0.1) is 57.2 Å². The molecule has 0 bridgehead atoms. The van der Waals surface area contributed by atoms with Crippen molar-refractivity contribution in [1.29, 1.82) is 0 Å². The lowest BCUT2D eigenvalue weighted by Gasteiger charge is -2.22. The molecule has 0 aliphatic carbocycles. The molecule has 584 valence electrons. The molecule has 0 amide bonds. The maximum absolute atomic E-state index is 12.6. The molecule has 28 heteroatoms. The van der Waals surface area contributed by atoms with E-state index >= 15 is 0 Å². The van der Waals surface area contributed by atoms with Gasteiger partial charge in [0.25, 0.3) is 0 Å². The number of ether oxygens (including phenoxy) is 9. The molecule has 15 rings (SSSR count). The van der Waals surface area contributed by atoms with Crippen LogP contribution in [0.25, 0.3) is 66.9 Å². The maximum Gasteiger partial charge on any atom is 0.333 e. The van der Waals surface area contributed by atoms with E-state index in [9.17, 15) is 34.8 Å². The highest BCUT2D eigenvalue weighted by Crippen LogP contribution is 2.41. The van der Waals surface area contributed by atoms with Gasteiger partial charge < -0.3 is 63.1 Å². The molecule has 0 radical (unpaired) electrons. The number of hydrogen-bond donors (Lipinski definition) is 4. The van der Waals surface area contributed by atoms with Gasteiger partial charge in [-0.25, -0.2) is 4.79 Å². The molecule has 15 aromatic rings. The van der Waals surface area contributed by atoms with Gasteiger partial charge in [-0.1, -0.05) is 121 Å². The Labute approximate surface area is 640 Å². The highest BCUT2D eigenvalue weighted by Gasteiger charge is 2.32. The second kappa shape index (κ2) is 34.2. The Morgan fingerprint density at radius 3 is 1.08 bits per heavy atom. The number of phenolic OH excluding ortho intramolecular Hbond substituents is 4. The zero-order valence-electron chi connectivity index (χ0n) is 63.9. The monoisotopic (exact) mass is 1520 g/mol. The zero-order valence-corrected chi connectivity index (χ0v) is 63.9. The van der Waals surface area contributed by atoms with Crippen LogP contribution in [0.2, 0.25) is 0 Å². The number of aromatic nitrogens is 12. The van der Waals surface area contributed by atoms with Crippen LogP contribution in [0.4, 0.5) is 0 Å².